The number of hydrogen-bond acceptors (Lipinski definition) is 3. The Hall–Kier alpha value is -3.55. The van der Waals surface area contributed by atoms with E-state index in [1.165, 1.54) is 0 Å². The molecule has 0 aliphatic carbocycles. The maximum atomic E-state index is 14.4. The van der Waals surface area contributed by atoms with E-state index < -0.39 is 7.37 Å². The summed E-state index contributed by atoms with van der Waals surface area (Å²) in [5.74, 6) is 0.233. The van der Waals surface area contributed by atoms with Crippen LogP contribution < -0.4 is 15.1 Å². The van der Waals surface area contributed by atoms with E-state index in [1.807, 2.05) is 84.9 Å². The molecule has 4 heteroatoms. The summed E-state index contributed by atoms with van der Waals surface area (Å²) in [7, 11) is -3.52. The number of rotatable bonds is 4. The second-order valence-electron chi connectivity index (χ2n) is 7.08. The molecule has 0 heterocycles. The third-order valence-corrected chi connectivity index (χ3v) is 7.67. The smallest absolute Gasteiger partial charge is 0.306 e. The van der Waals surface area contributed by atoms with Crippen molar-refractivity contribution in [3.8, 4) is 11.5 Å². The van der Waals surface area contributed by atoms with E-state index in [-0.39, 0.29) is 11.5 Å². The predicted molar refractivity (Wildman–Crippen MR) is 124 cm³/mol. The number of phenolic OH excluding ortho intramolecular Hbond substituents is 1. The van der Waals surface area contributed by atoms with Gasteiger partial charge in [0.15, 0.2) is 11.5 Å². The molecule has 3 nitrogen and oxygen atoms in total. The van der Waals surface area contributed by atoms with Gasteiger partial charge in [-0.3, -0.25) is 4.57 Å². The second-order valence-corrected chi connectivity index (χ2v) is 9.40. The average Bonchev–Trinajstić information content (AvgIpc) is 2.83. The number of fused-ring (bicyclic) bond motifs is 3. The van der Waals surface area contributed by atoms with Gasteiger partial charge >= 0.3 is 7.37 Å². The lowest BCUT2D eigenvalue weighted by molar-refractivity contribution is 0.442. The molecule has 0 bridgehead atoms. The zero-order valence-electron chi connectivity index (χ0n) is 16.1. The first-order chi connectivity index (χ1) is 14.7. The van der Waals surface area contributed by atoms with Crippen molar-refractivity contribution in [3.05, 3.63) is 109 Å². The first-order valence-corrected chi connectivity index (χ1v) is 11.3. The van der Waals surface area contributed by atoms with Gasteiger partial charge in [0.25, 0.3) is 0 Å². The maximum absolute atomic E-state index is 14.4. The van der Waals surface area contributed by atoms with Gasteiger partial charge in [-0.2, -0.15) is 0 Å². The molecule has 0 spiro atoms. The highest BCUT2D eigenvalue weighted by Gasteiger charge is 2.32. The van der Waals surface area contributed by atoms with Crippen LogP contribution >= 0.6 is 7.37 Å². The van der Waals surface area contributed by atoms with E-state index in [0.717, 1.165) is 16.2 Å². The molecule has 0 aliphatic heterocycles. The van der Waals surface area contributed by atoms with Crippen molar-refractivity contribution in [2.75, 3.05) is 0 Å². The van der Waals surface area contributed by atoms with E-state index >= 15 is 0 Å². The SMILES string of the molecule is O=P(Oc1c(O)c2ccccc2c2ccccc12)(c1ccccc1)c1ccccc1. The Balaban J connectivity index is 1.81. The molecule has 146 valence electrons. The van der Waals surface area contributed by atoms with Crippen LogP contribution in [-0.2, 0) is 4.57 Å². The summed E-state index contributed by atoms with van der Waals surface area (Å²) < 4.78 is 20.7. The number of hydrogen-bond donors (Lipinski definition) is 1. The molecule has 5 aromatic carbocycles. The van der Waals surface area contributed by atoms with Gasteiger partial charge in [-0.05, 0) is 35.0 Å². The minimum absolute atomic E-state index is 0.00335. The highest BCUT2D eigenvalue weighted by atomic mass is 31.2. The Bertz CT molecular complexity index is 1350. The molecule has 0 fully saturated rings. The second kappa shape index (κ2) is 7.37. The number of benzene rings is 5. The van der Waals surface area contributed by atoms with E-state index in [4.69, 9.17) is 4.52 Å². The van der Waals surface area contributed by atoms with Crippen LogP contribution in [0.25, 0.3) is 21.5 Å². The summed E-state index contributed by atoms with van der Waals surface area (Å²) in [6.45, 7) is 0. The van der Waals surface area contributed by atoms with Gasteiger partial charge in [-0.1, -0.05) is 84.9 Å². The molecule has 0 aliphatic rings. The van der Waals surface area contributed by atoms with Crippen molar-refractivity contribution in [1.29, 1.82) is 0 Å². The lowest BCUT2D eigenvalue weighted by Crippen LogP contribution is -2.20. The van der Waals surface area contributed by atoms with Gasteiger partial charge in [0.1, 0.15) is 0 Å². The number of phenols is 1. The molecule has 5 aromatic rings. The van der Waals surface area contributed by atoms with Gasteiger partial charge in [-0.25, -0.2) is 0 Å². The molecule has 0 saturated heterocycles. The van der Waals surface area contributed by atoms with Crippen LogP contribution in [0.3, 0.4) is 0 Å². The van der Waals surface area contributed by atoms with Crippen LogP contribution in [0.1, 0.15) is 0 Å². The zero-order valence-corrected chi connectivity index (χ0v) is 17.0. The predicted octanol–water partition coefficient (Wildman–Crippen LogP) is 6.01. The van der Waals surface area contributed by atoms with E-state index in [2.05, 4.69) is 0 Å². The normalized spacial score (nSPS) is 11.6. The van der Waals surface area contributed by atoms with Crippen LogP contribution in [0.2, 0.25) is 0 Å². The summed E-state index contributed by atoms with van der Waals surface area (Å²) >= 11 is 0. The van der Waals surface area contributed by atoms with Gasteiger partial charge in [-0.15, -0.1) is 0 Å². The third kappa shape index (κ3) is 2.96. The monoisotopic (exact) mass is 410 g/mol. The van der Waals surface area contributed by atoms with Crippen molar-refractivity contribution in [2.45, 2.75) is 0 Å². The maximum Gasteiger partial charge on any atom is 0.306 e. The Morgan fingerprint density at radius 1 is 0.533 bits per heavy atom. The Morgan fingerprint density at radius 2 is 0.933 bits per heavy atom. The van der Waals surface area contributed by atoms with E-state index in [1.54, 1.807) is 24.3 Å². The average molecular weight is 410 g/mol. The van der Waals surface area contributed by atoms with Crippen molar-refractivity contribution < 1.29 is 14.2 Å². The van der Waals surface area contributed by atoms with E-state index in [0.29, 0.717) is 16.0 Å². The summed E-state index contributed by atoms with van der Waals surface area (Å²) in [5.41, 5.74) is 0. The van der Waals surface area contributed by atoms with Gasteiger partial charge in [0.2, 0.25) is 0 Å². The van der Waals surface area contributed by atoms with Crippen molar-refractivity contribution in [2.24, 2.45) is 0 Å². The first kappa shape index (κ1) is 18.5. The molecule has 0 amide bonds. The zero-order chi connectivity index (χ0) is 20.6. The molecule has 0 radical (unpaired) electrons. The lowest BCUT2D eigenvalue weighted by atomic mass is 10.0. The molecule has 0 unspecified atom stereocenters. The highest BCUT2D eigenvalue weighted by molar-refractivity contribution is 7.74. The summed E-state index contributed by atoms with van der Waals surface area (Å²) in [5, 5.41) is 15.6. The minimum Gasteiger partial charge on any atom is -0.504 e. The van der Waals surface area contributed by atoms with Gasteiger partial charge in [0, 0.05) is 10.8 Å². The summed E-state index contributed by atoms with van der Waals surface area (Å²) in [6, 6.07) is 33.6. The Morgan fingerprint density at radius 3 is 1.47 bits per heavy atom. The van der Waals surface area contributed by atoms with Crippen molar-refractivity contribution >= 4 is 39.5 Å². The first-order valence-electron chi connectivity index (χ1n) is 9.72. The van der Waals surface area contributed by atoms with Crippen LogP contribution in [0, 0.1) is 0 Å². The fourth-order valence-electron chi connectivity index (χ4n) is 3.81. The largest absolute Gasteiger partial charge is 0.504 e. The quantitative estimate of drug-likeness (QED) is 0.292. The molecule has 0 atom stereocenters. The van der Waals surface area contributed by atoms with Crippen molar-refractivity contribution in [3.63, 3.8) is 0 Å². The van der Waals surface area contributed by atoms with Crippen LogP contribution in [-0.4, -0.2) is 5.11 Å². The fourth-order valence-corrected chi connectivity index (χ4v) is 5.89. The standard InChI is InChI=1S/C26H19O3P/c27-25-23-17-9-7-15-21(23)22-16-8-10-18-24(22)26(25)29-30(28,19-11-3-1-4-12-19)20-13-5-2-6-14-20/h1-18,27H. The molecular formula is C26H19O3P. The Labute approximate surface area is 174 Å². The van der Waals surface area contributed by atoms with Crippen LogP contribution in [0.15, 0.2) is 109 Å². The summed E-state index contributed by atoms with van der Waals surface area (Å²) in [4.78, 5) is 0. The summed E-state index contributed by atoms with van der Waals surface area (Å²) in [6.07, 6.45) is 0. The number of aromatic hydroxyl groups is 1. The fraction of sp³-hybridized carbons (Fsp3) is 0. The molecule has 0 saturated carbocycles. The molecule has 5 rings (SSSR count). The third-order valence-electron chi connectivity index (χ3n) is 5.27. The molecule has 1 N–H and O–H groups in total. The van der Waals surface area contributed by atoms with Gasteiger partial charge < -0.3 is 9.63 Å². The topological polar surface area (TPSA) is 46.5 Å². The lowest BCUT2D eigenvalue weighted by Gasteiger charge is -2.23. The minimum atomic E-state index is -3.52. The van der Waals surface area contributed by atoms with Crippen LogP contribution in [0.4, 0.5) is 0 Å². The molecular weight excluding hydrogens is 391 g/mol. The van der Waals surface area contributed by atoms with Crippen LogP contribution in [0.5, 0.6) is 11.5 Å². The molecule has 30 heavy (non-hydrogen) atoms. The Kier molecular flexibility index (Phi) is 4.54. The highest BCUT2D eigenvalue weighted by Crippen LogP contribution is 2.52. The molecule has 0 aromatic heterocycles. The van der Waals surface area contributed by atoms with Crippen molar-refractivity contribution in [1.82, 2.24) is 0 Å². The van der Waals surface area contributed by atoms with E-state index in [9.17, 15) is 9.67 Å². The van der Waals surface area contributed by atoms with Gasteiger partial charge in [0.05, 0.1) is 10.6 Å².